The number of aromatic nitrogens is 1. The SMILES string of the molecule is CCc1ocnc1C(=O)N1CCC(N2CCC[C@@H](C(=O)NCCOC)C2)CC1. The van der Waals surface area contributed by atoms with E-state index in [9.17, 15) is 9.59 Å². The lowest BCUT2D eigenvalue weighted by Gasteiger charge is -2.42. The van der Waals surface area contributed by atoms with Crippen molar-refractivity contribution in [2.45, 2.75) is 45.1 Å². The highest BCUT2D eigenvalue weighted by molar-refractivity contribution is 5.93. The minimum atomic E-state index is -0.0295. The Labute approximate surface area is 166 Å². The van der Waals surface area contributed by atoms with Crippen LogP contribution in [0.2, 0.25) is 0 Å². The third-order valence-corrected chi connectivity index (χ3v) is 5.86. The average molecular weight is 393 g/mol. The first-order valence-corrected chi connectivity index (χ1v) is 10.4. The average Bonchev–Trinajstić information content (AvgIpc) is 3.22. The molecule has 28 heavy (non-hydrogen) atoms. The topological polar surface area (TPSA) is 87.9 Å². The normalized spacial score (nSPS) is 21.6. The number of oxazole rings is 1. The Balaban J connectivity index is 1.49. The van der Waals surface area contributed by atoms with Gasteiger partial charge in [0.05, 0.1) is 12.5 Å². The highest BCUT2D eigenvalue weighted by Gasteiger charge is 2.33. The zero-order chi connectivity index (χ0) is 19.9. The second-order valence-corrected chi connectivity index (χ2v) is 7.62. The molecule has 0 unspecified atom stereocenters. The number of aryl methyl sites for hydroxylation is 1. The molecule has 1 atom stereocenters. The number of carbonyl (C=O) groups is 2. The van der Waals surface area contributed by atoms with E-state index in [1.807, 2.05) is 11.8 Å². The fourth-order valence-corrected chi connectivity index (χ4v) is 4.25. The molecule has 3 rings (SSSR count). The van der Waals surface area contributed by atoms with Crippen molar-refractivity contribution >= 4 is 11.8 Å². The van der Waals surface area contributed by atoms with Crippen molar-refractivity contribution in [1.82, 2.24) is 20.1 Å². The summed E-state index contributed by atoms with van der Waals surface area (Å²) in [4.78, 5) is 33.5. The minimum absolute atomic E-state index is 0.0295. The molecule has 0 bridgehead atoms. The van der Waals surface area contributed by atoms with Crippen molar-refractivity contribution < 1.29 is 18.7 Å². The van der Waals surface area contributed by atoms with Gasteiger partial charge in [-0.1, -0.05) is 6.92 Å². The summed E-state index contributed by atoms with van der Waals surface area (Å²) in [6.45, 7) is 6.35. The molecule has 3 heterocycles. The molecule has 0 aromatic carbocycles. The lowest BCUT2D eigenvalue weighted by molar-refractivity contribution is -0.127. The zero-order valence-electron chi connectivity index (χ0n) is 17.0. The number of hydrogen-bond donors (Lipinski definition) is 1. The van der Waals surface area contributed by atoms with Gasteiger partial charge < -0.3 is 19.4 Å². The molecule has 0 radical (unpaired) electrons. The minimum Gasteiger partial charge on any atom is -0.448 e. The molecular weight excluding hydrogens is 360 g/mol. The van der Waals surface area contributed by atoms with E-state index in [-0.39, 0.29) is 17.7 Å². The standard InChI is InChI=1S/C20H32N4O4/c1-3-17-18(22-14-28-17)20(26)23-10-6-16(7-11-23)24-9-4-5-15(13-24)19(25)21-8-12-27-2/h14-16H,3-13H2,1-2H3,(H,21,25)/t15-/m1/s1. The van der Waals surface area contributed by atoms with Gasteiger partial charge in [-0.05, 0) is 32.2 Å². The van der Waals surface area contributed by atoms with E-state index in [0.29, 0.717) is 37.1 Å². The van der Waals surface area contributed by atoms with Crippen molar-refractivity contribution in [3.05, 3.63) is 17.8 Å². The van der Waals surface area contributed by atoms with Gasteiger partial charge >= 0.3 is 0 Å². The van der Waals surface area contributed by atoms with Gasteiger partial charge in [-0.2, -0.15) is 0 Å². The summed E-state index contributed by atoms with van der Waals surface area (Å²) in [6, 6.07) is 0.432. The van der Waals surface area contributed by atoms with Crippen LogP contribution in [0.3, 0.4) is 0 Å². The van der Waals surface area contributed by atoms with Crippen LogP contribution in [0.15, 0.2) is 10.8 Å². The first kappa shape index (κ1) is 20.8. The third kappa shape index (κ3) is 4.91. The van der Waals surface area contributed by atoms with Crippen molar-refractivity contribution in [2.24, 2.45) is 5.92 Å². The van der Waals surface area contributed by atoms with Crippen molar-refractivity contribution in [1.29, 1.82) is 0 Å². The molecule has 2 saturated heterocycles. The van der Waals surface area contributed by atoms with Gasteiger partial charge in [0, 0.05) is 45.8 Å². The van der Waals surface area contributed by atoms with E-state index < -0.39 is 0 Å². The van der Waals surface area contributed by atoms with Gasteiger partial charge in [-0.15, -0.1) is 0 Å². The van der Waals surface area contributed by atoms with Gasteiger partial charge in [-0.3, -0.25) is 14.5 Å². The molecule has 2 aliphatic heterocycles. The summed E-state index contributed by atoms with van der Waals surface area (Å²) in [6.07, 6.45) is 5.87. The highest BCUT2D eigenvalue weighted by Crippen LogP contribution is 2.25. The lowest BCUT2D eigenvalue weighted by Crippen LogP contribution is -2.51. The maximum Gasteiger partial charge on any atom is 0.276 e. The van der Waals surface area contributed by atoms with Crippen LogP contribution in [0.4, 0.5) is 0 Å². The summed E-state index contributed by atoms with van der Waals surface area (Å²) in [7, 11) is 1.64. The number of rotatable bonds is 7. The first-order chi connectivity index (χ1) is 13.6. The maximum atomic E-state index is 12.7. The van der Waals surface area contributed by atoms with Gasteiger partial charge in [0.1, 0.15) is 5.76 Å². The van der Waals surface area contributed by atoms with Crippen molar-refractivity contribution in [3.63, 3.8) is 0 Å². The van der Waals surface area contributed by atoms with Crippen molar-refractivity contribution in [3.8, 4) is 0 Å². The quantitative estimate of drug-likeness (QED) is 0.704. The van der Waals surface area contributed by atoms with E-state index in [2.05, 4.69) is 15.2 Å². The summed E-state index contributed by atoms with van der Waals surface area (Å²) in [5.74, 6) is 0.809. The Morgan fingerprint density at radius 3 is 2.79 bits per heavy atom. The van der Waals surface area contributed by atoms with E-state index in [4.69, 9.17) is 9.15 Å². The number of nitrogens with zero attached hydrogens (tertiary/aromatic N) is 3. The Hall–Kier alpha value is -1.93. The second kappa shape index (κ2) is 10.0. The maximum absolute atomic E-state index is 12.7. The van der Waals surface area contributed by atoms with Crippen LogP contribution in [0, 0.1) is 5.92 Å². The number of amides is 2. The summed E-state index contributed by atoms with van der Waals surface area (Å²) in [5.41, 5.74) is 0.451. The fourth-order valence-electron chi connectivity index (χ4n) is 4.25. The highest BCUT2D eigenvalue weighted by atomic mass is 16.5. The number of hydrogen-bond acceptors (Lipinski definition) is 6. The fraction of sp³-hybridized carbons (Fsp3) is 0.750. The smallest absolute Gasteiger partial charge is 0.276 e. The Bertz CT molecular complexity index is 654. The molecule has 0 spiro atoms. The molecule has 8 nitrogen and oxygen atoms in total. The third-order valence-electron chi connectivity index (χ3n) is 5.86. The first-order valence-electron chi connectivity index (χ1n) is 10.4. The van der Waals surface area contributed by atoms with Gasteiger partial charge in [0.25, 0.3) is 5.91 Å². The predicted octanol–water partition coefficient (Wildman–Crippen LogP) is 1.32. The molecule has 0 aliphatic carbocycles. The molecular formula is C20H32N4O4. The largest absolute Gasteiger partial charge is 0.448 e. The number of carbonyl (C=O) groups excluding carboxylic acids is 2. The van der Waals surface area contributed by atoms with E-state index in [1.165, 1.54) is 6.39 Å². The van der Waals surface area contributed by atoms with E-state index in [0.717, 1.165) is 51.9 Å². The lowest BCUT2D eigenvalue weighted by atomic mass is 9.93. The number of ether oxygens (including phenoxy) is 1. The van der Waals surface area contributed by atoms with Crippen LogP contribution in [-0.4, -0.2) is 79.1 Å². The Morgan fingerprint density at radius 2 is 2.07 bits per heavy atom. The van der Waals surface area contributed by atoms with E-state index >= 15 is 0 Å². The number of piperidine rings is 2. The summed E-state index contributed by atoms with van der Waals surface area (Å²) >= 11 is 0. The molecule has 156 valence electrons. The summed E-state index contributed by atoms with van der Waals surface area (Å²) < 4.78 is 10.3. The Morgan fingerprint density at radius 1 is 1.29 bits per heavy atom. The monoisotopic (exact) mass is 392 g/mol. The number of nitrogens with one attached hydrogen (secondary N) is 1. The molecule has 8 heteroatoms. The molecule has 1 N–H and O–H groups in total. The van der Waals surface area contributed by atoms with Gasteiger partial charge in [-0.25, -0.2) is 4.98 Å². The number of likely N-dealkylation sites (tertiary alicyclic amines) is 2. The molecule has 2 fully saturated rings. The molecule has 2 amide bonds. The molecule has 0 saturated carbocycles. The predicted molar refractivity (Wildman–Crippen MR) is 104 cm³/mol. The van der Waals surface area contributed by atoms with Crippen LogP contribution in [0.1, 0.15) is 48.9 Å². The van der Waals surface area contributed by atoms with Crippen molar-refractivity contribution in [2.75, 3.05) is 46.4 Å². The van der Waals surface area contributed by atoms with Crippen LogP contribution in [-0.2, 0) is 16.0 Å². The van der Waals surface area contributed by atoms with Gasteiger partial charge in [0.2, 0.25) is 5.91 Å². The van der Waals surface area contributed by atoms with Crippen LogP contribution in [0.25, 0.3) is 0 Å². The Kier molecular flexibility index (Phi) is 7.44. The molecule has 1 aromatic heterocycles. The van der Waals surface area contributed by atoms with Crippen LogP contribution in [0.5, 0.6) is 0 Å². The van der Waals surface area contributed by atoms with E-state index in [1.54, 1.807) is 7.11 Å². The van der Waals surface area contributed by atoms with Crippen LogP contribution >= 0.6 is 0 Å². The number of methoxy groups -OCH3 is 1. The molecule has 1 aromatic rings. The zero-order valence-corrected chi connectivity index (χ0v) is 17.0. The molecule has 2 aliphatic rings. The second-order valence-electron chi connectivity index (χ2n) is 7.62. The summed E-state index contributed by atoms with van der Waals surface area (Å²) in [5, 5.41) is 2.97. The van der Waals surface area contributed by atoms with Crippen LogP contribution < -0.4 is 5.32 Å². The van der Waals surface area contributed by atoms with Gasteiger partial charge in [0.15, 0.2) is 12.1 Å².